The summed E-state index contributed by atoms with van der Waals surface area (Å²) in [4.78, 5) is 0.343. The summed E-state index contributed by atoms with van der Waals surface area (Å²) in [6.45, 7) is 8.59. The van der Waals surface area contributed by atoms with Crippen LogP contribution in [0.5, 0.6) is 0 Å². The zero-order chi connectivity index (χ0) is 15.8. The van der Waals surface area contributed by atoms with Crippen molar-refractivity contribution in [1.29, 1.82) is 0 Å². The predicted octanol–water partition coefficient (Wildman–Crippen LogP) is 1.64. The third kappa shape index (κ3) is 3.29. The minimum Gasteiger partial charge on any atom is -0.370 e. The molecule has 21 heavy (non-hydrogen) atoms. The van der Waals surface area contributed by atoms with E-state index in [-0.39, 0.29) is 6.10 Å². The van der Waals surface area contributed by atoms with E-state index in [1.54, 1.807) is 12.1 Å². The summed E-state index contributed by atoms with van der Waals surface area (Å²) < 4.78 is 33.2. The van der Waals surface area contributed by atoms with E-state index in [1.807, 2.05) is 33.8 Å². The highest BCUT2D eigenvalue weighted by Gasteiger charge is 2.38. The monoisotopic (exact) mass is 312 g/mol. The summed E-state index contributed by atoms with van der Waals surface area (Å²) in [6.07, 6.45) is -0.124. The Morgan fingerprint density at radius 2 is 2.10 bits per heavy atom. The SMILES string of the molecule is Cc1c(CN)cccc1S(=O)(=O)N1CC(C)OC(C)(C)C1. The third-order valence-electron chi connectivity index (χ3n) is 3.77. The van der Waals surface area contributed by atoms with Crippen molar-refractivity contribution in [3.8, 4) is 0 Å². The van der Waals surface area contributed by atoms with E-state index in [2.05, 4.69) is 0 Å². The van der Waals surface area contributed by atoms with E-state index in [9.17, 15) is 8.42 Å². The Balaban J connectivity index is 2.43. The Morgan fingerprint density at radius 3 is 2.67 bits per heavy atom. The lowest BCUT2D eigenvalue weighted by atomic mass is 10.1. The van der Waals surface area contributed by atoms with Crippen molar-refractivity contribution < 1.29 is 13.2 Å². The molecule has 0 aliphatic carbocycles. The van der Waals surface area contributed by atoms with Gasteiger partial charge in [-0.25, -0.2) is 8.42 Å². The van der Waals surface area contributed by atoms with Gasteiger partial charge in [0.2, 0.25) is 10.0 Å². The molecule has 1 heterocycles. The van der Waals surface area contributed by atoms with Crippen LogP contribution in [0, 0.1) is 6.92 Å². The van der Waals surface area contributed by atoms with Crippen LogP contribution in [-0.2, 0) is 21.3 Å². The van der Waals surface area contributed by atoms with Crippen LogP contribution in [0.15, 0.2) is 23.1 Å². The lowest BCUT2D eigenvalue weighted by Gasteiger charge is -2.41. The molecule has 2 N–H and O–H groups in total. The Bertz CT molecular complexity index is 626. The molecular weight excluding hydrogens is 288 g/mol. The quantitative estimate of drug-likeness (QED) is 0.921. The van der Waals surface area contributed by atoms with Crippen LogP contribution in [0.3, 0.4) is 0 Å². The lowest BCUT2D eigenvalue weighted by Crippen LogP contribution is -2.53. The number of sulfonamides is 1. The van der Waals surface area contributed by atoms with Gasteiger partial charge in [0.25, 0.3) is 0 Å². The lowest BCUT2D eigenvalue weighted by molar-refractivity contribution is -0.109. The molecule has 1 saturated heterocycles. The van der Waals surface area contributed by atoms with E-state index >= 15 is 0 Å². The molecule has 118 valence electrons. The highest BCUT2D eigenvalue weighted by atomic mass is 32.2. The maximum atomic E-state index is 12.9. The molecular formula is C15H24N2O3S. The molecule has 1 aliphatic rings. The van der Waals surface area contributed by atoms with Gasteiger partial charge in [-0.2, -0.15) is 4.31 Å². The molecule has 0 spiro atoms. The molecule has 1 fully saturated rings. The summed E-state index contributed by atoms with van der Waals surface area (Å²) in [5.74, 6) is 0. The molecule has 0 radical (unpaired) electrons. The highest BCUT2D eigenvalue weighted by Crippen LogP contribution is 2.28. The van der Waals surface area contributed by atoms with E-state index in [0.29, 0.717) is 24.5 Å². The number of benzene rings is 1. The number of rotatable bonds is 3. The Kier molecular flexibility index (Phi) is 4.44. The average molecular weight is 312 g/mol. The van der Waals surface area contributed by atoms with Crippen LogP contribution in [-0.4, -0.2) is 37.5 Å². The molecule has 0 saturated carbocycles. The first-order chi connectivity index (χ1) is 9.67. The highest BCUT2D eigenvalue weighted by molar-refractivity contribution is 7.89. The first-order valence-corrected chi connectivity index (χ1v) is 8.58. The molecule has 2 rings (SSSR count). The Morgan fingerprint density at radius 1 is 1.43 bits per heavy atom. The van der Waals surface area contributed by atoms with E-state index in [1.165, 1.54) is 4.31 Å². The molecule has 0 aromatic heterocycles. The van der Waals surface area contributed by atoms with Gasteiger partial charge in [-0.1, -0.05) is 12.1 Å². The van der Waals surface area contributed by atoms with Gasteiger partial charge in [0.05, 0.1) is 16.6 Å². The summed E-state index contributed by atoms with van der Waals surface area (Å²) in [5.41, 5.74) is 6.79. The standard InChI is InChI=1S/C15H24N2O3S/c1-11-9-17(10-15(3,4)20-11)21(18,19)14-7-5-6-13(8-16)12(14)2/h5-7,11H,8-10,16H2,1-4H3. The number of ether oxygens (including phenoxy) is 1. The van der Waals surface area contributed by atoms with E-state index < -0.39 is 15.6 Å². The molecule has 1 aromatic rings. The van der Waals surface area contributed by atoms with Crippen molar-refractivity contribution in [2.45, 2.75) is 50.8 Å². The number of nitrogens with two attached hydrogens (primary N) is 1. The topological polar surface area (TPSA) is 72.6 Å². The smallest absolute Gasteiger partial charge is 0.243 e. The zero-order valence-electron chi connectivity index (χ0n) is 13.1. The molecule has 1 aliphatic heterocycles. The Hall–Kier alpha value is -0.950. The maximum Gasteiger partial charge on any atom is 0.243 e. The van der Waals surface area contributed by atoms with Gasteiger partial charge in [0.15, 0.2) is 0 Å². The molecule has 1 unspecified atom stereocenters. The van der Waals surface area contributed by atoms with Gasteiger partial charge in [-0.15, -0.1) is 0 Å². The maximum absolute atomic E-state index is 12.9. The van der Waals surface area contributed by atoms with E-state index in [0.717, 1.165) is 11.1 Å². The number of nitrogens with zero attached hydrogens (tertiary/aromatic N) is 1. The molecule has 5 nitrogen and oxygen atoms in total. The minimum absolute atomic E-state index is 0.124. The predicted molar refractivity (Wildman–Crippen MR) is 82.5 cm³/mol. The van der Waals surface area contributed by atoms with Crippen molar-refractivity contribution in [1.82, 2.24) is 4.31 Å². The fraction of sp³-hybridized carbons (Fsp3) is 0.600. The third-order valence-corrected chi connectivity index (χ3v) is 5.73. The van der Waals surface area contributed by atoms with Gasteiger partial charge >= 0.3 is 0 Å². The number of hydrogen-bond acceptors (Lipinski definition) is 4. The van der Waals surface area contributed by atoms with Crippen molar-refractivity contribution in [2.24, 2.45) is 5.73 Å². The summed E-state index contributed by atoms with van der Waals surface area (Å²) >= 11 is 0. The summed E-state index contributed by atoms with van der Waals surface area (Å²) in [7, 11) is -3.53. The normalized spacial score (nSPS) is 23.2. The first kappa shape index (κ1) is 16.4. The van der Waals surface area contributed by atoms with Crippen LogP contribution in [0.25, 0.3) is 0 Å². The second-order valence-corrected chi connectivity index (χ2v) is 8.14. The van der Waals surface area contributed by atoms with Crippen molar-refractivity contribution in [3.05, 3.63) is 29.3 Å². The van der Waals surface area contributed by atoms with Gasteiger partial charge in [0, 0.05) is 19.6 Å². The Labute approximate surface area is 127 Å². The molecule has 0 amide bonds. The van der Waals surface area contributed by atoms with Gasteiger partial charge in [-0.3, -0.25) is 0 Å². The number of hydrogen-bond donors (Lipinski definition) is 1. The van der Waals surface area contributed by atoms with Crippen LogP contribution in [0.4, 0.5) is 0 Å². The van der Waals surface area contributed by atoms with Crippen molar-refractivity contribution in [3.63, 3.8) is 0 Å². The second kappa shape index (κ2) is 5.68. The van der Waals surface area contributed by atoms with Crippen molar-refractivity contribution >= 4 is 10.0 Å². The first-order valence-electron chi connectivity index (χ1n) is 7.14. The van der Waals surface area contributed by atoms with E-state index in [4.69, 9.17) is 10.5 Å². The fourth-order valence-electron chi connectivity index (χ4n) is 2.88. The van der Waals surface area contributed by atoms with Crippen LogP contribution >= 0.6 is 0 Å². The second-order valence-electron chi connectivity index (χ2n) is 6.23. The van der Waals surface area contributed by atoms with Gasteiger partial charge in [-0.05, 0) is 44.9 Å². The zero-order valence-corrected chi connectivity index (χ0v) is 13.9. The van der Waals surface area contributed by atoms with Crippen molar-refractivity contribution in [2.75, 3.05) is 13.1 Å². The number of morpholine rings is 1. The minimum atomic E-state index is -3.53. The largest absolute Gasteiger partial charge is 0.370 e. The fourth-order valence-corrected chi connectivity index (χ4v) is 4.81. The molecule has 6 heteroatoms. The van der Waals surface area contributed by atoms with Gasteiger partial charge in [0.1, 0.15) is 0 Å². The van der Waals surface area contributed by atoms with Crippen LogP contribution in [0.2, 0.25) is 0 Å². The van der Waals surface area contributed by atoms with Crippen LogP contribution < -0.4 is 5.73 Å². The molecule has 1 atom stereocenters. The molecule has 0 bridgehead atoms. The average Bonchev–Trinajstić information content (AvgIpc) is 2.36. The summed E-state index contributed by atoms with van der Waals surface area (Å²) in [6, 6.07) is 5.26. The van der Waals surface area contributed by atoms with Crippen LogP contribution in [0.1, 0.15) is 31.9 Å². The van der Waals surface area contributed by atoms with Gasteiger partial charge < -0.3 is 10.5 Å². The molecule has 1 aromatic carbocycles. The summed E-state index contributed by atoms with van der Waals surface area (Å²) in [5, 5.41) is 0.